The van der Waals surface area contributed by atoms with E-state index in [-0.39, 0.29) is 11.7 Å². The van der Waals surface area contributed by atoms with Gasteiger partial charge in [0.1, 0.15) is 11.8 Å². The number of rotatable bonds is 4. The van der Waals surface area contributed by atoms with E-state index in [9.17, 15) is 14.7 Å². The molecule has 108 valence electrons. The van der Waals surface area contributed by atoms with Gasteiger partial charge in [-0.1, -0.05) is 12.1 Å². The lowest BCUT2D eigenvalue weighted by atomic mass is 10.0. The first kappa shape index (κ1) is 14.7. The molecule has 2 rings (SSSR count). The van der Waals surface area contributed by atoms with Crippen LogP contribution < -0.4 is 5.73 Å². The topological polar surface area (TPSA) is 104 Å². The molecule has 0 bridgehead atoms. The molecule has 6 nitrogen and oxygen atoms in total. The van der Waals surface area contributed by atoms with Crippen molar-refractivity contribution in [1.29, 1.82) is 0 Å². The van der Waals surface area contributed by atoms with E-state index < -0.39 is 18.1 Å². The third kappa shape index (κ3) is 3.23. The number of hydrogen-bond acceptors (Lipinski definition) is 5. The largest absolute Gasteiger partial charge is 0.508 e. The van der Waals surface area contributed by atoms with Crippen molar-refractivity contribution in [2.45, 2.75) is 18.5 Å². The molecule has 1 fully saturated rings. The minimum absolute atomic E-state index is 0.149. The molecule has 4 N–H and O–H groups in total. The molecule has 1 aliphatic heterocycles. The Bertz CT molecular complexity index is 506. The highest BCUT2D eigenvalue weighted by Crippen LogP contribution is 2.22. The maximum absolute atomic E-state index is 12.2. The molecule has 2 atom stereocenters. The van der Waals surface area contributed by atoms with Crippen LogP contribution in [0.15, 0.2) is 24.3 Å². The highest BCUT2D eigenvalue weighted by atomic mass is 32.2. The summed E-state index contributed by atoms with van der Waals surface area (Å²) in [4.78, 5) is 24.6. The summed E-state index contributed by atoms with van der Waals surface area (Å²) in [6.07, 6.45) is 0.312. The van der Waals surface area contributed by atoms with Gasteiger partial charge in [-0.15, -0.1) is 11.8 Å². The number of phenols is 1. The van der Waals surface area contributed by atoms with Gasteiger partial charge in [-0.2, -0.15) is 0 Å². The number of carbonyl (C=O) groups is 2. The van der Waals surface area contributed by atoms with Crippen LogP contribution in [-0.4, -0.2) is 50.7 Å². The Morgan fingerprint density at radius 3 is 2.65 bits per heavy atom. The molecule has 1 aromatic rings. The first-order chi connectivity index (χ1) is 9.49. The van der Waals surface area contributed by atoms with Gasteiger partial charge in [-0.05, 0) is 24.1 Å². The highest BCUT2D eigenvalue weighted by molar-refractivity contribution is 7.99. The summed E-state index contributed by atoms with van der Waals surface area (Å²) in [7, 11) is 0. The van der Waals surface area contributed by atoms with Gasteiger partial charge in [-0.3, -0.25) is 4.79 Å². The summed E-state index contributed by atoms with van der Waals surface area (Å²) in [6.45, 7) is 0. The third-order valence-electron chi connectivity index (χ3n) is 3.16. The van der Waals surface area contributed by atoms with Crippen molar-refractivity contribution in [3.8, 4) is 5.75 Å². The Labute approximate surface area is 120 Å². The number of carboxylic acid groups (broad SMARTS) is 1. The summed E-state index contributed by atoms with van der Waals surface area (Å²) in [6, 6.07) is 4.86. The van der Waals surface area contributed by atoms with Gasteiger partial charge in [0.25, 0.3) is 0 Å². The van der Waals surface area contributed by atoms with Crippen LogP contribution in [0.4, 0.5) is 0 Å². The Morgan fingerprint density at radius 1 is 1.40 bits per heavy atom. The number of amides is 1. The number of phenolic OH excluding ortho intramolecular Hbond substituents is 1. The first-order valence-electron chi connectivity index (χ1n) is 6.13. The SMILES string of the molecule is N[C@H](Cc1ccc(O)cc1)C(=O)N1CSCC1C(=O)O. The molecule has 0 spiro atoms. The van der Waals surface area contributed by atoms with Crippen molar-refractivity contribution >= 4 is 23.6 Å². The summed E-state index contributed by atoms with van der Waals surface area (Å²) >= 11 is 1.41. The van der Waals surface area contributed by atoms with Crippen LogP contribution in [0.5, 0.6) is 5.75 Å². The van der Waals surface area contributed by atoms with Crippen LogP contribution in [0.1, 0.15) is 5.56 Å². The van der Waals surface area contributed by atoms with Crippen molar-refractivity contribution in [2.24, 2.45) is 5.73 Å². The molecule has 0 aromatic heterocycles. The predicted molar refractivity (Wildman–Crippen MR) is 75.4 cm³/mol. The van der Waals surface area contributed by atoms with Gasteiger partial charge >= 0.3 is 5.97 Å². The fraction of sp³-hybridized carbons (Fsp3) is 0.385. The number of carboxylic acids is 1. The number of benzene rings is 1. The van der Waals surface area contributed by atoms with E-state index in [0.717, 1.165) is 5.56 Å². The van der Waals surface area contributed by atoms with Crippen LogP contribution in [0, 0.1) is 0 Å². The minimum atomic E-state index is -1.000. The average molecular weight is 296 g/mol. The number of nitrogens with two attached hydrogens (primary N) is 1. The molecule has 1 heterocycles. The number of aliphatic carboxylic acids is 1. The minimum Gasteiger partial charge on any atom is -0.508 e. The van der Waals surface area contributed by atoms with Gasteiger partial charge in [0.15, 0.2) is 0 Å². The molecule has 0 saturated carbocycles. The second kappa shape index (κ2) is 6.15. The van der Waals surface area contributed by atoms with E-state index in [1.807, 2.05) is 0 Å². The monoisotopic (exact) mass is 296 g/mol. The van der Waals surface area contributed by atoms with E-state index in [2.05, 4.69) is 0 Å². The van der Waals surface area contributed by atoms with Crippen molar-refractivity contribution in [2.75, 3.05) is 11.6 Å². The van der Waals surface area contributed by atoms with Crippen molar-refractivity contribution in [3.63, 3.8) is 0 Å². The lowest BCUT2D eigenvalue weighted by Crippen LogP contribution is -2.49. The quantitative estimate of drug-likeness (QED) is 0.735. The summed E-state index contributed by atoms with van der Waals surface area (Å²) in [5.41, 5.74) is 6.70. The van der Waals surface area contributed by atoms with E-state index in [1.54, 1.807) is 12.1 Å². The zero-order chi connectivity index (χ0) is 14.7. The molecule has 0 aliphatic carbocycles. The molecule has 1 aromatic carbocycles. The zero-order valence-electron chi connectivity index (χ0n) is 10.7. The predicted octanol–water partition coefficient (Wildman–Crippen LogP) is 0.248. The standard InChI is InChI=1S/C13H16N2O4S/c14-10(5-8-1-3-9(16)4-2-8)12(17)15-7-20-6-11(15)13(18)19/h1-4,10-11,16H,5-7,14H2,(H,18,19)/t10-,11?/m1/s1. The second-order valence-corrected chi connectivity index (χ2v) is 5.64. The molecule has 0 radical (unpaired) electrons. The van der Waals surface area contributed by atoms with Crippen LogP contribution in [0.2, 0.25) is 0 Å². The van der Waals surface area contributed by atoms with Gasteiger partial charge < -0.3 is 20.8 Å². The van der Waals surface area contributed by atoms with E-state index in [1.165, 1.54) is 28.8 Å². The smallest absolute Gasteiger partial charge is 0.327 e. The Kier molecular flexibility index (Phi) is 4.51. The molecule has 1 unspecified atom stereocenters. The maximum Gasteiger partial charge on any atom is 0.327 e. The van der Waals surface area contributed by atoms with Crippen LogP contribution in [0.25, 0.3) is 0 Å². The number of hydrogen-bond donors (Lipinski definition) is 3. The molecular weight excluding hydrogens is 280 g/mol. The number of aromatic hydroxyl groups is 1. The molecule has 1 saturated heterocycles. The zero-order valence-corrected chi connectivity index (χ0v) is 11.5. The normalized spacial score (nSPS) is 19.9. The molecular formula is C13H16N2O4S. The summed E-state index contributed by atoms with van der Waals surface area (Å²) in [5, 5.41) is 18.3. The van der Waals surface area contributed by atoms with E-state index >= 15 is 0 Å². The van der Waals surface area contributed by atoms with Crippen molar-refractivity contribution < 1.29 is 19.8 Å². The maximum atomic E-state index is 12.2. The Hall–Kier alpha value is -1.73. The van der Waals surface area contributed by atoms with E-state index in [0.29, 0.717) is 18.1 Å². The number of carbonyl (C=O) groups excluding carboxylic acids is 1. The third-order valence-corrected chi connectivity index (χ3v) is 4.17. The molecule has 20 heavy (non-hydrogen) atoms. The van der Waals surface area contributed by atoms with Crippen LogP contribution in [0.3, 0.4) is 0 Å². The van der Waals surface area contributed by atoms with Crippen LogP contribution in [-0.2, 0) is 16.0 Å². The second-order valence-electron chi connectivity index (χ2n) is 4.64. The Morgan fingerprint density at radius 2 is 2.05 bits per heavy atom. The molecule has 1 aliphatic rings. The lowest BCUT2D eigenvalue weighted by molar-refractivity contribution is -0.148. The van der Waals surface area contributed by atoms with Gasteiger partial charge in [-0.25, -0.2) is 4.79 Å². The molecule has 7 heteroatoms. The fourth-order valence-electron chi connectivity index (χ4n) is 2.05. The average Bonchev–Trinajstić information content (AvgIpc) is 2.90. The summed E-state index contributed by atoms with van der Waals surface area (Å²) in [5.74, 6) is -0.447. The van der Waals surface area contributed by atoms with Gasteiger partial charge in [0.2, 0.25) is 5.91 Å². The number of thioether (sulfide) groups is 1. The Balaban J connectivity index is 2.01. The first-order valence-corrected chi connectivity index (χ1v) is 7.29. The van der Waals surface area contributed by atoms with Crippen LogP contribution >= 0.6 is 11.8 Å². The molecule has 1 amide bonds. The van der Waals surface area contributed by atoms with Gasteiger partial charge in [0.05, 0.1) is 11.9 Å². The van der Waals surface area contributed by atoms with Crippen molar-refractivity contribution in [1.82, 2.24) is 4.90 Å². The summed E-state index contributed by atoms with van der Waals surface area (Å²) < 4.78 is 0. The fourth-order valence-corrected chi connectivity index (χ4v) is 3.21. The van der Waals surface area contributed by atoms with Crippen molar-refractivity contribution in [3.05, 3.63) is 29.8 Å². The number of nitrogens with zero attached hydrogens (tertiary/aromatic N) is 1. The highest BCUT2D eigenvalue weighted by Gasteiger charge is 2.36. The van der Waals surface area contributed by atoms with E-state index in [4.69, 9.17) is 10.8 Å². The van der Waals surface area contributed by atoms with Gasteiger partial charge in [0, 0.05) is 5.75 Å². The lowest BCUT2D eigenvalue weighted by Gasteiger charge is -2.24.